The summed E-state index contributed by atoms with van der Waals surface area (Å²) >= 11 is 6.41. The first-order chi connectivity index (χ1) is 35.7. The summed E-state index contributed by atoms with van der Waals surface area (Å²) in [6.07, 6.45) is 17.0. The second kappa shape index (κ2) is 26.6. The maximum Gasteiger partial charge on any atom is 0.496 e. The lowest BCUT2D eigenvalue weighted by Crippen LogP contribution is -2.41. The fraction of sp³-hybridized carbons (Fsp3) is 0.364. The van der Waals surface area contributed by atoms with Crippen LogP contribution in [0.2, 0.25) is 0 Å². The van der Waals surface area contributed by atoms with Crippen molar-refractivity contribution in [2.75, 3.05) is 32.9 Å². The third-order valence-corrected chi connectivity index (χ3v) is 16.7. The standard InChI is InChI=1S/C19H21N3O3S.C15H19BN2O3.C10H13BrO2S.C8H7BrO3S.C3H8/c1-21(2)11-14-6-5-13(9-18(14)26(4,24)25)17-12-22(3)19(23)16-10-20-8-7-15(16)17;1-14(2)15(3,4)21-16(20-14)12-9-18(5)13(19)11-8-17-7-6-10(11)12;1-3-4-8-5-6-9(11)7-10(8)14(2,12)13;1-13(11,12)8-4-7(9)3-2-6(8)5-10;1-3-2/h5-10,12H,11H2,1-4H3;6-9H,1-5H3;5-7H,3-4H2,1-2H3;2-5H,1H3;3H2,1-2H3. The van der Waals surface area contributed by atoms with E-state index in [2.05, 4.69) is 55.7 Å². The first-order valence-corrected chi connectivity index (χ1v) is 31.6. The average molecular weight is 1240 g/mol. The molecule has 1 aliphatic heterocycles. The number of aromatic nitrogens is 4. The van der Waals surface area contributed by atoms with Crippen LogP contribution in [0.15, 0.2) is 137 Å². The highest BCUT2D eigenvalue weighted by molar-refractivity contribution is 9.10. The number of benzene rings is 3. The predicted octanol–water partition coefficient (Wildman–Crippen LogP) is 9.18. The molecule has 0 spiro atoms. The van der Waals surface area contributed by atoms with Crippen LogP contribution in [0.5, 0.6) is 0 Å². The summed E-state index contributed by atoms with van der Waals surface area (Å²) in [6, 6.07) is 18.9. The maximum absolute atomic E-state index is 12.3. The lowest BCUT2D eigenvalue weighted by atomic mass is 9.77. The molecule has 1 saturated heterocycles. The van der Waals surface area contributed by atoms with Gasteiger partial charge in [-0.05, 0) is 124 Å². The van der Waals surface area contributed by atoms with Gasteiger partial charge in [-0.25, -0.2) is 25.3 Å². The van der Waals surface area contributed by atoms with Gasteiger partial charge in [0, 0.05) is 102 Å². The molecule has 0 bridgehead atoms. The normalized spacial score (nSPS) is 13.8. The quantitative estimate of drug-likeness (QED) is 0.0924. The second-order valence-corrected chi connectivity index (χ2v) is 27.6. The van der Waals surface area contributed by atoms with Gasteiger partial charge in [0.05, 0.1) is 36.7 Å². The Bertz CT molecular complexity index is 3720. The van der Waals surface area contributed by atoms with E-state index in [-0.39, 0.29) is 21.6 Å². The smallest absolute Gasteiger partial charge is 0.399 e. The van der Waals surface area contributed by atoms with Crippen LogP contribution >= 0.6 is 31.9 Å². The topological polar surface area (TPSA) is 211 Å². The number of fused-ring (bicyclic) bond motifs is 2. The molecule has 16 nitrogen and oxygen atoms in total. The van der Waals surface area contributed by atoms with Gasteiger partial charge in [-0.2, -0.15) is 0 Å². The first kappa shape index (κ1) is 64.3. The summed E-state index contributed by atoms with van der Waals surface area (Å²) in [5.41, 5.74) is 3.21. The third-order valence-electron chi connectivity index (χ3n) is 12.2. The molecule has 1 fully saturated rings. The van der Waals surface area contributed by atoms with Gasteiger partial charge in [0.15, 0.2) is 35.8 Å². The summed E-state index contributed by atoms with van der Waals surface area (Å²) in [5, 5.41) is 2.66. The van der Waals surface area contributed by atoms with Crippen molar-refractivity contribution in [3.8, 4) is 11.1 Å². The molecular weight excluding hydrogens is 1170 g/mol. The fourth-order valence-corrected chi connectivity index (χ4v) is 11.7. The zero-order chi connectivity index (χ0) is 58.0. The molecule has 8 rings (SSSR count). The zero-order valence-corrected chi connectivity index (χ0v) is 51.6. The first-order valence-electron chi connectivity index (χ1n) is 24.4. The van der Waals surface area contributed by atoms with Gasteiger partial charge in [-0.1, -0.05) is 83.7 Å². The summed E-state index contributed by atoms with van der Waals surface area (Å²) in [7, 11) is -3.12. The van der Waals surface area contributed by atoms with E-state index in [9.17, 15) is 39.6 Å². The Morgan fingerprint density at radius 1 is 0.636 bits per heavy atom. The number of sulfone groups is 3. The van der Waals surface area contributed by atoms with E-state index >= 15 is 0 Å². The molecule has 0 atom stereocenters. The van der Waals surface area contributed by atoms with Crippen LogP contribution in [0.4, 0.5) is 0 Å². The number of aryl methyl sites for hydroxylation is 3. The Morgan fingerprint density at radius 2 is 1.09 bits per heavy atom. The molecular formula is C55H68BBr2N5O11S3. The van der Waals surface area contributed by atoms with Gasteiger partial charge in [-0.15, -0.1) is 0 Å². The van der Waals surface area contributed by atoms with Crippen molar-refractivity contribution in [2.24, 2.45) is 14.1 Å². The predicted molar refractivity (Wildman–Crippen MR) is 315 cm³/mol. The molecule has 3 aromatic carbocycles. The van der Waals surface area contributed by atoms with Gasteiger partial charge in [0.1, 0.15) is 0 Å². The van der Waals surface area contributed by atoms with Crippen molar-refractivity contribution < 1.29 is 39.4 Å². The molecule has 4 aromatic heterocycles. The Morgan fingerprint density at radius 3 is 1.58 bits per heavy atom. The van der Waals surface area contributed by atoms with E-state index in [1.807, 2.05) is 83.9 Å². The van der Waals surface area contributed by atoms with Gasteiger partial charge < -0.3 is 23.3 Å². The van der Waals surface area contributed by atoms with E-state index < -0.39 is 47.8 Å². The van der Waals surface area contributed by atoms with Gasteiger partial charge in [0.2, 0.25) is 0 Å². The van der Waals surface area contributed by atoms with Crippen molar-refractivity contribution in [1.82, 2.24) is 24.0 Å². The van der Waals surface area contributed by atoms with Crippen LogP contribution in [0.1, 0.15) is 82.8 Å². The van der Waals surface area contributed by atoms with Crippen LogP contribution in [-0.2, 0) is 65.9 Å². The van der Waals surface area contributed by atoms with E-state index in [0.29, 0.717) is 37.9 Å². The number of carbonyl (C=O) groups excluding carboxylic acids is 1. The Hall–Kier alpha value is -5.20. The molecule has 414 valence electrons. The van der Waals surface area contributed by atoms with Crippen molar-refractivity contribution >= 4 is 102 Å². The van der Waals surface area contributed by atoms with Crippen LogP contribution < -0.4 is 16.6 Å². The monoisotopic (exact) mass is 1240 g/mol. The minimum Gasteiger partial charge on any atom is -0.399 e. The van der Waals surface area contributed by atoms with Crippen molar-refractivity contribution in [3.05, 3.63) is 150 Å². The molecule has 22 heteroatoms. The largest absolute Gasteiger partial charge is 0.496 e. The summed E-state index contributed by atoms with van der Waals surface area (Å²) < 4.78 is 86.6. The number of halogens is 2. The molecule has 0 aliphatic carbocycles. The van der Waals surface area contributed by atoms with Crippen molar-refractivity contribution in [2.45, 2.75) is 100 Å². The average Bonchev–Trinajstić information content (AvgIpc) is 3.57. The van der Waals surface area contributed by atoms with Gasteiger partial charge >= 0.3 is 7.12 Å². The third kappa shape index (κ3) is 16.7. The summed E-state index contributed by atoms with van der Waals surface area (Å²) in [6.45, 7) is 14.9. The van der Waals surface area contributed by atoms with Crippen molar-refractivity contribution in [1.29, 1.82) is 0 Å². The highest BCUT2D eigenvalue weighted by Crippen LogP contribution is 2.37. The molecule has 5 heterocycles. The van der Waals surface area contributed by atoms with Gasteiger partial charge in [0.25, 0.3) is 11.1 Å². The number of carbonyl (C=O) groups is 1. The van der Waals surface area contributed by atoms with Gasteiger partial charge in [-0.3, -0.25) is 24.4 Å². The van der Waals surface area contributed by atoms with Crippen LogP contribution in [0.25, 0.3) is 32.7 Å². The number of nitrogens with zero attached hydrogens (tertiary/aromatic N) is 5. The summed E-state index contributed by atoms with van der Waals surface area (Å²) in [4.78, 5) is 45.8. The molecule has 1 aliphatic rings. The van der Waals surface area contributed by atoms with Crippen LogP contribution in [0.3, 0.4) is 0 Å². The molecule has 0 N–H and O–H groups in total. The number of rotatable bonds is 10. The molecule has 77 heavy (non-hydrogen) atoms. The van der Waals surface area contributed by atoms with Crippen LogP contribution in [-0.4, -0.2) is 107 Å². The highest BCUT2D eigenvalue weighted by Gasteiger charge is 2.52. The van der Waals surface area contributed by atoms with E-state index in [1.165, 1.54) is 35.6 Å². The minimum atomic E-state index is -3.39. The van der Waals surface area contributed by atoms with E-state index in [1.54, 1.807) is 80.1 Å². The highest BCUT2D eigenvalue weighted by atomic mass is 79.9. The lowest BCUT2D eigenvalue weighted by molar-refractivity contribution is 0.00578. The Kier molecular flexibility index (Phi) is 22.3. The minimum absolute atomic E-state index is 0.0527. The second-order valence-electron chi connectivity index (χ2n) is 19.8. The zero-order valence-electron chi connectivity index (χ0n) is 46.0. The maximum atomic E-state index is 12.3. The summed E-state index contributed by atoms with van der Waals surface area (Å²) in [5.74, 6) is 0. The number of hydrogen-bond acceptors (Lipinski definition) is 14. The van der Waals surface area contributed by atoms with Crippen molar-refractivity contribution in [3.63, 3.8) is 0 Å². The number of aldehydes is 1. The van der Waals surface area contributed by atoms with E-state index in [0.717, 1.165) is 62.1 Å². The van der Waals surface area contributed by atoms with Crippen LogP contribution in [0, 0.1) is 0 Å². The molecule has 0 unspecified atom stereocenters. The Labute approximate surface area is 470 Å². The number of pyridine rings is 4. The lowest BCUT2D eigenvalue weighted by Gasteiger charge is -2.32. The Balaban J connectivity index is 0.000000226. The molecule has 7 aromatic rings. The van der Waals surface area contributed by atoms with E-state index in [4.69, 9.17) is 9.31 Å². The fourth-order valence-electron chi connectivity index (χ4n) is 7.86. The molecule has 0 radical (unpaired) electrons. The molecule has 0 saturated carbocycles. The number of hydrogen-bond donors (Lipinski definition) is 0. The molecule has 0 amide bonds. The SMILES string of the molecule is CCC.CCCc1ccc(Br)cc1S(C)(=O)=O.CN(C)Cc1ccc(-c2cn(C)c(=O)c3cnccc23)cc1S(C)(=O)=O.CS(=O)(=O)c1cc(Br)ccc1C=O.Cn1cc(B2OC(C)(C)C(C)(C)O2)c2ccncc2c1=O.